The second-order valence-corrected chi connectivity index (χ2v) is 12.0. The first-order valence-corrected chi connectivity index (χ1v) is 14.5. The van der Waals surface area contributed by atoms with Crippen LogP contribution in [-0.4, -0.2) is 61.5 Å². The summed E-state index contributed by atoms with van der Waals surface area (Å²) in [6, 6.07) is 18.0. The van der Waals surface area contributed by atoms with Crippen molar-refractivity contribution in [2.75, 3.05) is 38.1 Å². The number of ether oxygens (including phenoxy) is 1. The number of rotatable bonds is 7. The molecule has 0 amide bonds. The minimum absolute atomic E-state index is 0.213. The van der Waals surface area contributed by atoms with Gasteiger partial charge in [0.05, 0.1) is 17.1 Å². The van der Waals surface area contributed by atoms with Gasteiger partial charge < -0.3 is 15.0 Å². The number of hydrogen-bond acceptors (Lipinski definition) is 6. The molecule has 1 aromatic heterocycles. The molecule has 0 atom stereocenters. The molecule has 2 aromatic carbocycles. The van der Waals surface area contributed by atoms with Gasteiger partial charge in [-0.2, -0.15) is 4.31 Å². The Bertz CT molecular complexity index is 1320. The van der Waals surface area contributed by atoms with Gasteiger partial charge in [0.25, 0.3) is 0 Å². The van der Waals surface area contributed by atoms with Gasteiger partial charge >= 0.3 is 5.97 Å². The number of halogens is 1. The van der Waals surface area contributed by atoms with Crippen LogP contribution in [-0.2, 0) is 21.2 Å². The summed E-state index contributed by atoms with van der Waals surface area (Å²) >= 11 is 13.0. The fraction of sp³-hybridized carbons (Fsp3) is 0.280. The lowest BCUT2D eigenvalue weighted by Gasteiger charge is -2.35. The van der Waals surface area contributed by atoms with Crippen molar-refractivity contribution in [1.29, 1.82) is 0 Å². The van der Waals surface area contributed by atoms with E-state index in [1.54, 1.807) is 19.1 Å². The minimum Gasteiger partial charge on any atom is -0.462 e. The van der Waals surface area contributed by atoms with Crippen LogP contribution >= 0.6 is 35.2 Å². The van der Waals surface area contributed by atoms with Crippen molar-refractivity contribution in [1.82, 2.24) is 9.21 Å². The number of esters is 1. The van der Waals surface area contributed by atoms with Crippen LogP contribution in [0.25, 0.3) is 0 Å². The van der Waals surface area contributed by atoms with Crippen molar-refractivity contribution >= 4 is 61.3 Å². The lowest BCUT2D eigenvalue weighted by molar-refractivity contribution is 0.0528. The summed E-state index contributed by atoms with van der Waals surface area (Å²) in [6.07, 6.45) is 0.688. The van der Waals surface area contributed by atoms with Crippen molar-refractivity contribution in [2.24, 2.45) is 0 Å². The van der Waals surface area contributed by atoms with Gasteiger partial charge in [0, 0.05) is 42.5 Å². The summed E-state index contributed by atoms with van der Waals surface area (Å²) in [6.45, 7) is 3.48. The Morgan fingerprint density at radius 1 is 1.08 bits per heavy atom. The third kappa shape index (κ3) is 6.24. The Labute approximate surface area is 225 Å². The summed E-state index contributed by atoms with van der Waals surface area (Å²) in [7, 11) is -3.61. The van der Waals surface area contributed by atoms with Gasteiger partial charge in [0.15, 0.2) is 5.11 Å². The molecular formula is C25H26ClN3O4S3. The normalized spacial score (nSPS) is 14.4. The second-order valence-electron chi connectivity index (χ2n) is 8.11. The predicted octanol–water partition coefficient (Wildman–Crippen LogP) is 4.87. The van der Waals surface area contributed by atoms with Crippen LogP contribution in [0.15, 0.2) is 65.6 Å². The molecule has 1 N–H and O–H groups in total. The lowest BCUT2D eigenvalue weighted by Crippen LogP contribution is -2.51. The van der Waals surface area contributed by atoms with E-state index in [4.69, 9.17) is 28.6 Å². The third-order valence-electron chi connectivity index (χ3n) is 5.70. The molecule has 4 rings (SSSR count). The molecule has 190 valence electrons. The van der Waals surface area contributed by atoms with E-state index < -0.39 is 16.0 Å². The SMILES string of the molecule is CCOC(=O)c1cc(Cc2ccccc2)sc1NC(=S)N1CCN(S(=O)(=O)c2ccc(Cl)cc2)CC1. The molecule has 0 radical (unpaired) electrons. The number of thiophene rings is 1. The Balaban J connectivity index is 1.43. The number of piperazine rings is 1. The second kappa shape index (κ2) is 11.7. The first kappa shape index (κ1) is 26.6. The van der Waals surface area contributed by atoms with Crippen LogP contribution in [0.1, 0.15) is 27.7 Å². The fourth-order valence-corrected chi connectivity index (χ4v) is 6.82. The number of thiocarbonyl (C=S) groups is 1. The molecule has 2 heterocycles. The van der Waals surface area contributed by atoms with E-state index in [2.05, 4.69) is 5.32 Å². The molecule has 0 spiro atoms. The Kier molecular flexibility index (Phi) is 8.63. The smallest absolute Gasteiger partial charge is 0.341 e. The third-order valence-corrected chi connectivity index (χ3v) is 9.27. The number of sulfonamides is 1. The maximum Gasteiger partial charge on any atom is 0.341 e. The van der Waals surface area contributed by atoms with Gasteiger partial charge in [-0.15, -0.1) is 11.3 Å². The molecule has 7 nitrogen and oxygen atoms in total. The zero-order valence-corrected chi connectivity index (χ0v) is 22.9. The zero-order chi connectivity index (χ0) is 25.7. The van der Waals surface area contributed by atoms with Gasteiger partial charge in [-0.25, -0.2) is 13.2 Å². The van der Waals surface area contributed by atoms with Gasteiger partial charge in [-0.1, -0.05) is 41.9 Å². The molecular weight excluding hydrogens is 538 g/mol. The highest BCUT2D eigenvalue weighted by atomic mass is 35.5. The first-order chi connectivity index (χ1) is 17.3. The molecule has 0 bridgehead atoms. The molecule has 1 aliphatic heterocycles. The van der Waals surface area contributed by atoms with Gasteiger partial charge in [-0.05, 0) is 55.0 Å². The maximum atomic E-state index is 13.0. The van der Waals surface area contributed by atoms with Gasteiger partial charge in [-0.3, -0.25) is 0 Å². The van der Waals surface area contributed by atoms with Crippen LogP contribution in [0.3, 0.4) is 0 Å². The highest BCUT2D eigenvalue weighted by Gasteiger charge is 2.30. The molecule has 11 heteroatoms. The van der Waals surface area contributed by atoms with Crippen molar-refractivity contribution in [3.8, 4) is 0 Å². The van der Waals surface area contributed by atoms with Crippen LogP contribution < -0.4 is 5.32 Å². The van der Waals surface area contributed by atoms with E-state index in [0.29, 0.717) is 53.3 Å². The van der Waals surface area contributed by atoms with Crippen LogP contribution in [0.5, 0.6) is 0 Å². The summed E-state index contributed by atoms with van der Waals surface area (Å²) in [5, 5.41) is 4.76. The van der Waals surface area contributed by atoms with Crippen molar-refractivity contribution < 1.29 is 17.9 Å². The Morgan fingerprint density at radius 3 is 2.39 bits per heavy atom. The molecule has 0 unspecified atom stereocenters. The average Bonchev–Trinajstić information content (AvgIpc) is 3.27. The number of nitrogens with zero attached hydrogens (tertiary/aromatic N) is 2. The summed E-state index contributed by atoms with van der Waals surface area (Å²) in [4.78, 5) is 15.7. The van der Waals surface area contributed by atoms with Crippen LogP contribution in [0.4, 0.5) is 5.00 Å². The zero-order valence-electron chi connectivity index (χ0n) is 19.6. The Hall–Kier alpha value is -2.50. The fourth-order valence-electron chi connectivity index (χ4n) is 3.84. The van der Waals surface area contributed by atoms with Crippen LogP contribution in [0, 0.1) is 0 Å². The predicted molar refractivity (Wildman–Crippen MR) is 148 cm³/mol. The van der Waals surface area contributed by atoms with Gasteiger partial charge in [0.2, 0.25) is 10.0 Å². The number of hydrogen-bond donors (Lipinski definition) is 1. The van der Waals surface area contributed by atoms with E-state index in [9.17, 15) is 13.2 Å². The average molecular weight is 564 g/mol. The largest absolute Gasteiger partial charge is 0.462 e. The molecule has 36 heavy (non-hydrogen) atoms. The van der Waals surface area contributed by atoms with Crippen LogP contribution in [0.2, 0.25) is 5.02 Å². The molecule has 0 aliphatic carbocycles. The standard InChI is InChI=1S/C25H26ClN3O4S3/c1-2-33-24(30)22-17-20(16-18-6-4-3-5-7-18)35-23(22)27-25(34)28-12-14-29(15-13-28)36(31,32)21-10-8-19(26)9-11-21/h3-11,17H,2,12-16H2,1H3,(H,27,34). The van der Waals surface area contributed by atoms with Gasteiger partial charge in [0.1, 0.15) is 5.00 Å². The monoisotopic (exact) mass is 563 g/mol. The minimum atomic E-state index is -3.61. The number of benzene rings is 2. The van der Waals surface area contributed by atoms with Crippen molar-refractivity contribution in [3.63, 3.8) is 0 Å². The molecule has 1 fully saturated rings. The summed E-state index contributed by atoms with van der Waals surface area (Å²) in [5.41, 5.74) is 1.58. The van der Waals surface area contributed by atoms with E-state index in [1.165, 1.54) is 27.8 Å². The number of carbonyl (C=O) groups is 1. The number of carbonyl (C=O) groups excluding carboxylic acids is 1. The highest BCUT2D eigenvalue weighted by Crippen LogP contribution is 2.31. The highest BCUT2D eigenvalue weighted by molar-refractivity contribution is 7.89. The molecule has 3 aromatic rings. The quantitative estimate of drug-likeness (QED) is 0.324. The van der Waals surface area contributed by atoms with E-state index in [-0.39, 0.29) is 11.5 Å². The van der Waals surface area contributed by atoms with E-state index in [1.807, 2.05) is 41.3 Å². The molecule has 0 saturated carbocycles. The van der Waals surface area contributed by atoms with Crippen molar-refractivity contribution in [2.45, 2.75) is 18.2 Å². The lowest BCUT2D eigenvalue weighted by atomic mass is 10.1. The number of anilines is 1. The van der Waals surface area contributed by atoms with E-state index in [0.717, 1.165) is 10.4 Å². The maximum absolute atomic E-state index is 13.0. The number of nitrogens with one attached hydrogen (secondary N) is 1. The summed E-state index contributed by atoms with van der Waals surface area (Å²) < 4.78 is 32.6. The molecule has 1 saturated heterocycles. The first-order valence-electron chi connectivity index (χ1n) is 11.4. The summed E-state index contributed by atoms with van der Waals surface area (Å²) in [5.74, 6) is -0.405. The van der Waals surface area contributed by atoms with E-state index >= 15 is 0 Å². The topological polar surface area (TPSA) is 79.0 Å². The van der Waals surface area contributed by atoms with Crippen molar-refractivity contribution in [3.05, 3.63) is 81.7 Å². The Morgan fingerprint density at radius 2 is 1.75 bits per heavy atom. The molecule has 1 aliphatic rings.